The molecule has 5 heteroatoms. The van der Waals surface area contributed by atoms with Gasteiger partial charge in [-0.05, 0) is 33.2 Å². The zero-order valence-corrected chi connectivity index (χ0v) is 10.1. The number of nitrogens with one attached hydrogen (secondary N) is 1. The quantitative estimate of drug-likeness (QED) is 0.747. The first-order chi connectivity index (χ1) is 6.93. The van der Waals surface area contributed by atoms with Crippen molar-refractivity contribution in [2.75, 3.05) is 18.8 Å². The van der Waals surface area contributed by atoms with Crippen LogP contribution in [0.25, 0.3) is 0 Å². The van der Waals surface area contributed by atoms with Gasteiger partial charge < -0.3 is 10.1 Å². The normalized spacial score (nSPS) is 38.3. The first-order valence-corrected chi connectivity index (χ1v) is 7.17. The standard InChI is InChI=1S/C10H19NO3S/c1-10(2)9(4-6-15(10,12)13)14-8-3-5-11-7-8/h8-9,11H,3-7H2,1-2H3. The first-order valence-electron chi connectivity index (χ1n) is 5.52. The molecule has 0 aromatic rings. The molecule has 2 aliphatic heterocycles. The summed E-state index contributed by atoms with van der Waals surface area (Å²) in [7, 11) is -2.96. The Morgan fingerprint density at radius 3 is 2.53 bits per heavy atom. The molecule has 2 saturated heterocycles. The van der Waals surface area contributed by atoms with Gasteiger partial charge in [0.05, 0.1) is 22.7 Å². The van der Waals surface area contributed by atoms with Crippen molar-refractivity contribution in [2.24, 2.45) is 0 Å². The fraction of sp³-hybridized carbons (Fsp3) is 1.00. The van der Waals surface area contributed by atoms with Crippen LogP contribution in [0.2, 0.25) is 0 Å². The molecule has 2 heterocycles. The maximum Gasteiger partial charge on any atom is 0.158 e. The van der Waals surface area contributed by atoms with Gasteiger partial charge in [-0.2, -0.15) is 0 Å². The number of rotatable bonds is 2. The number of sulfone groups is 1. The van der Waals surface area contributed by atoms with E-state index in [0.717, 1.165) is 19.5 Å². The van der Waals surface area contributed by atoms with Crippen molar-refractivity contribution in [2.45, 2.75) is 43.6 Å². The zero-order chi connectivity index (χ0) is 11.1. The SMILES string of the molecule is CC1(C)C(OC2CCNC2)CCS1(=O)=O. The Bertz CT molecular complexity index is 331. The van der Waals surface area contributed by atoms with E-state index in [9.17, 15) is 8.42 Å². The minimum atomic E-state index is -2.96. The van der Waals surface area contributed by atoms with E-state index in [4.69, 9.17) is 4.74 Å². The van der Waals surface area contributed by atoms with Gasteiger partial charge in [0.25, 0.3) is 0 Å². The molecule has 2 aliphatic rings. The molecular formula is C10H19NO3S. The summed E-state index contributed by atoms with van der Waals surface area (Å²) < 4.78 is 28.7. The smallest absolute Gasteiger partial charge is 0.158 e. The van der Waals surface area contributed by atoms with E-state index in [0.29, 0.717) is 6.42 Å². The van der Waals surface area contributed by atoms with Crippen LogP contribution in [0.5, 0.6) is 0 Å². The van der Waals surface area contributed by atoms with E-state index in [2.05, 4.69) is 5.32 Å². The molecule has 4 nitrogen and oxygen atoms in total. The third kappa shape index (κ3) is 1.92. The van der Waals surface area contributed by atoms with Gasteiger partial charge >= 0.3 is 0 Å². The van der Waals surface area contributed by atoms with Crippen LogP contribution in [0.15, 0.2) is 0 Å². The largest absolute Gasteiger partial charge is 0.372 e. The van der Waals surface area contributed by atoms with Crippen LogP contribution in [0.3, 0.4) is 0 Å². The second-order valence-electron chi connectivity index (χ2n) is 4.95. The van der Waals surface area contributed by atoms with Crippen molar-refractivity contribution in [3.8, 4) is 0 Å². The summed E-state index contributed by atoms with van der Waals surface area (Å²) in [5.74, 6) is 0.269. The van der Waals surface area contributed by atoms with Gasteiger partial charge in [-0.25, -0.2) is 8.42 Å². The Balaban J connectivity index is 2.05. The third-order valence-corrected chi connectivity index (χ3v) is 6.24. The van der Waals surface area contributed by atoms with Crippen molar-refractivity contribution in [3.63, 3.8) is 0 Å². The maximum atomic E-state index is 11.8. The second-order valence-corrected chi connectivity index (χ2v) is 7.64. The van der Waals surface area contributed by atoms with E-state index in [1.807, 2.05) is 0 Å². The Kier molecular flexibility index (Phi) is 2.81. The molecule has 2 atom stereocenters. The predicted molar refractivity (Wildman–Crippen MR) is 58.6 cm³/mol. The molecule has 15 heavy (non-hydrogen) atoms. The van der Waals surface area contributed by atoms with E-state index in [1.54, 1.807) is 13.8 Å². The van der Waals surface area contributed by atoms with Crippen molar-refractivity contribution in [1.29, 1.82) is 0 Å². The van der Waals surface area contributed by atoms with Crippen molar-refractivity contribution >= 4 is 9.84 Å². The molecule has 0 aliphatic carbocycles. The summed E-state index contributed by atoms with van der Waals surface area (Å²) in [6.07, 6.45) is 1.70. The summed E-state index contributed by atoms with van der Waals surface area (Å²) in [5, 5.41) is 3.22. The lowest BCUT2D eigenvalue weighted by molar-refractivity contribution is -0.0142. The summed E-state index contributed by atoms with van der Waals surface area (Å²) in [4.78, 5) is 0. The lowest BCUT2D eigenvalue weighted by atomic mass is 10.0. The van der Waals surface area contributed by atoms with Crippen molar-refractivity contribution in [3.05, 3.63) is 0 Å². The topological polar surface area (TPSA) is 55.4 Å². The fourth-order valence-corrected chi connectivity index (χ4v) is 3.91. The molecule has 0 amide bonds. The minimum absolute atomic E-state index is 0.132. The molecule has 0 bridgehead atoms. The molecule has 2 rings (SSSR count). The highest BCUT2D eigenvalue weighted by molar-refractivity contribution is 7.93. The van der Waals surface area contributed by atoms with Gasteiger partial charge in [0.1, 0.15) is 0 Å². The number of ether oxygens (including phenoxy) is 1. The summed E-state index contributed by atoms with van der Waals surface area (Å²) in [6.45, 7) is 5.39. The highest BCUT2D eigenvalue weighted by atomic mass is 32.2. The Morgan fingerprint density at radius 2 is 2.07 bits per heavy atom. The summed E-state index contributed by atoms with van der Waals surface area (Å²) >= 11 is 0. The minimum Gasteiger partial charge on any atom is -0.372 e. The molecule has 88 valence electrons. The number of hydrogen-bond donors (Lipinski definition) is 1. The lowest BCUT2D eigenvalue weighted by Crippen LogP contribution is -2.41. The van der Waals surface area contributed by atoms with Gasteiger partial charge in [0.15, 0.2) is 9.84 Å². The Hall–Kier alpha value is -0.130. The molecule has 2 fully saturated rings. The van der Waals surface area contributed by atoms with Gasteiger partial charge in [-0.3, -0.25) is 0 Å². The highest BCUT2D eigenvalue weighted by Gasteiger charge is 2.49. The average Bonchev–Trinajstić information content (AvgIpc) is 2.69. The van der Waals surface area contributed by atoms with Crippen LogP contribution in [0.4, 0.5) is 0 Å². The van der Waals surface area contributed by atoms with Gasteiger partial charge in [-0.1, -0.05) is 0 Å². The zero-order valence-electron chi connectivity index (χ0n) is 9.32. The molecule has 2 unspecified atom stereocenters. The van der Waals surface area contributed by atoms with E-state index < -0.39 is 14.6 Å². The maximum absolute atomic E-state index is 11.8. The van der Waals surface area contributed by atoms with Crippen LogP contribution < -0.4 is 5.32 Å². The molecule has 0 saturated carbocycles. The lowest BCUT2D eigenvalue weighted by Gasteiger charge is -2.28. The molecule has 0 radical (unpaired) electrons. The van der Waals surface area contributed by atoms with Crippen LogP contribution in [-0.4, -0.2) is 44.2 Å². The Labute approximate surface area is 91.3 Å². The van der Waals surface area contributed by atoms with Crippen molar-refractivity contribution in [1.82, 2.24) is 5.32 Å². The highest BCUT2D eigenvalue weighted by Crippen LogP contribution is 2.35. The predicted octanol–water partition coefficient (Wildman–Crippen LogP) is 0.331. The fourth-order valence-electron chi connectivity index (χ4n) is 2.28. The number of hydrogen-bond acceptors (Lipinski definition) is 4. The molecular weight excluding hydrogens is 214 g/mol. The molecule has 1 N–H and O–H groups in total. The summed E-state index contributed by atoms with van der Waals surface area (Å²) in [5.41, 5.74) is 0. The van der Waals surface area contributed by atoms with Crippen LogP contribution >= 0.6 is 0 Å². The third-order valence-electron chi connectivity index (χ3n) is 3.60. The monoisotopic (exact) mass is 233 g/mol. The molecule has 0 aromatic carbocycles. The summed E-state index contributed by atoms with van der Waals surface area (Å²) in [6, 6.07) is 0. The van der Waals surface area contributed by atoms with Crippen molar-refractivity contribution < 1.29 is 13.2 Å². The van der Waals surface area contributed by atoms with E-state index >= 15 is 0 Å². The van der Waals surface area contributed by atoms with E-state index in [-0.39, 0.29) is 18.0 Å². The van der Waals surface area contributed by atoms with Crippen LogP contribution in [0, 0.1) is 0 Å². The Morgan fingerprint density at radius 1 is 1.33 bits per heavy atom. The van der Waals surface area contributed by atoms with Gasteiger partial charge in [0, 0.05) is 6.54 Å². The van der Waals surface area contributed by atoms with Crippen LogP contribution in [-0.2, 0) is 14.6 Å². The van der Waals surface area contributed by atoms with Gasteiger partial charge in [0.2, 0.25) is 0 Å². The van der Waals surface area contributed by atoms with E-state index in [1.165, 1.54) is 0 Å². The average molecular weight is 233 g/mol. The second kappa shape index (κ2) is 3.71. The first kappa shape index (κ1) is 11.4. The van der Waals surface area contributed by atoms with Crippen LogP contribution in [0.1, 0.15) is 26.7 Å². The molecule has 0 aromatic heterocycles. The molecule has 0 spiro atoms. The van der Waals surface area contributed by atoms with Gasteiger partial charge in [-0.15, -0.1) is 0 Å².